The number of methoxy groups -OCH3 is 1. The van der Waals surface area contributed by atoms with Crippen molar-refractivity contribution in [1.29, 1.82) is 0 Å². The molecule has 10 nitrogen and oxygen atoms in total. The molecule has 232 valence electrons. The highest BCUT2D eigenvalue weighted by Gasteiger charge is 2.60. The van der Waals surface area contributed by atoms with E-state index in [2.05, 4.69) is 5.32 Å². The van der Waals surface area contributed by atoms with Gasteiger partial charge in [-0.1, -0.05) is 78.9 Å². The van der Waals surface area contributed by atoms with Gasteiger partial charge in [-0.05, 0) is 43.0 Å². The first kappa shape index (κ1) is 31.2. The molecule has 44 heavy (non-hydrogen) atoms. The fourth-order valence-corrected chi connectivity index (χ4v) is 8.19. The number of nitrogens with one attached hydrogen (secondary N) is 1. The molecule has 1 N–H and O–H groups in total. The standard InChI is InChI=1S/C33H37N3O7S/c1-3-43-33(39)35-21-19-25(20-22-35)34-31(37)30-27(23-13-7-4-8-14-23)28(32(38)42-2)29(24-15-9-5-10-16-24)36(30)44(40,41)26-17-11-6-12-18-26/h4-18,25,27-30H,3,19-22H2,1-2H3,(H,34,37). The lowest BCUT2D eigenvalue weighted by atomic mass is 9.79. The molecule has 11 heteroatoms. The van der Waals surface area contributed by atoms with Crippen LogP contribution in [0.3, 0.4) is 0 Å². The van der Waals surface area contributed by atoms with Crippen molar-refractivity contribution in [3.63, 3.8) is 0 Å². The number of rotatable bonds is 8. The molecule has 2 aliphatic heterocycles. The Hall–Kier alpha value is -4.22. The number of esters is 1. The summed E-state index contributed by atoms with van der Waals surface area (Å²) in [4.78, 5) is 42.0. The molecule has 5 rings (SSSR count). The summed E-state index contributed by atoms with van der Waals surface area (Å²) in [6.45, 7) is 2.79. The van der Waals surface area contributed by atoms with Gasteiger partial charge < -0.3 is 19.7 Å². The van der Waals surface area contributed by atoms with Crippen LogP contribution in [0.5, 0.6) is 0 Å². The summed E-state index contributed by atoms with van der Waals surface area (Å²) >= 11 is 0. The van der Waals surface area contributed by atoms with Crippen LogP contribution >= 0.6 is 0 Å². The summed E-state index contributed by atoms with van der Waals surface area (Å²) in [5.74, 6) is -3.00. The Morgan fingerprint density at radius 3 is 1.93 bits per heavy atom. The Morgan fingerprint density at radius 2 is 1.39 bits per heavy atom. The Kier molecular flexibility index (Phi) is 9.65. The van der Waals surface area contributed by atoms with Crippen molar-refractivity contribution >= 4 is 28.0 Å². The van der Waals surface area contributed by atoms with Crippen LogP contribution in [-0.4, -0.2) is 74.5 Å². The number of hydrogen-bond acceptors (Lipinski definition) is 7. The highest BCUT2D eigenvalue weighted by Crippen LogP contribution is 2.52. The van der Waals surface area contributed by atoms with Crippen molar-refractivity contribution in [3.8, 4) is 0 Å². The number of hydrogen-bond donors (Lipinski definition) is 1. The molecule has 3 aromatic rings. The topological polar surface area (TPSA) is 122 Å². The lowest BCUT2D eigenvalue weighted by Gasteiger charge is -2.34. The zero-order valence-corrected chi connectivity index (χ0v) is 25.6. The third-order valence-electron chi connectivity index (χ3n) is 8.37. The van der Waals surface area contributed by atoms with Gasteiger partial charge in [0, 0.05) is 25.0 Å². The van der Waals surface area contributed by atoms with Crippen LogP contribution < -0.4 is 5.32 Å². The smallest absolute Gasteiger partial charge is 0.409 e. The fourth-order valence-electron chi connectivity index (χ4n) is 6.36. The Morgan fingerprint density at radius 1 is 0.841 bits per heavy atom. The van der Waals surface area contributed by atoms with Crippen LogP contribution in [0.15, 0.2) is 95.9 Å². The molecule has 0 aliphatic carbocycles. The summed E-state index contributed by atoms with van der Waals surface area (Å²) in [6.07, 6.45) is 0.548. The Labute approximate surface area is 258 Å². The molecular weight excluding hydrogens is 582 g/mol. The largest absolute Gasteiger partial charge is 0.469 e. The van der Waals surface area contributed by atoms with Crippen molar-refractivity contribution < 1.29 is 32.3 Å². The molecule has 4 atom stereocenters. The van der Waals surface area contributed by atoms with Crippen LogP contribution in [0.4, 0.5) is 4.79 Å². The van der Waals surface area contributed by atoms with E-state index in [1.165, 1.54) is 23.5 Å². The van der Waals surface area contributed by atoms with E-state index in [0.717, 1.165) is 0 Å². The predicted octanol–water partition coefficient (Wildman–Crippen LogP) is 4.11. The van der Waals surface area contributed by atoms with E-state index in [1.807, 2.05) is 12.1 Å². The van der Waals surface area contributed by atoms with Gasteiger partial charge in [0.15, 0.2) is 0 Å². The first-order valence-corrected chi connectivity index (χ1v) is 16.2. The van der Waals surface area contributed by atoms with E-state index < -0.39 is 51.9 Å². The van der Waals surface area contributed by atoms with Crippen molar-refractivity contribution in [1.82, 2.24) is 14.5 Å². The van der Waals surface area contributed by atoms with Gasteiger partial charge in [-0.2, -0.15) is 4.31 Å². The van der Waals surface area contributed by atoms with E-state index in [4.69, 9.17) is 9.47 Å². The molecular formula is C33H37N3O7S. The van der Waals surface area contributed by atoms with Crippen LogP contribution in [0.2, 0.25) is 0 Å². The lowest BCUT2D eigenvalue weighted by Crippen LogP contribution is -2.53. The van der Waals surface area contributed by atoms with Gasteiger partial charge in [-0.15, -0.1) is 0 Å². The van der Waals surface area contributed by atoms with E-state index in [0.29, 0.717) is 37.1 Å². The van der Waals surface area contributed by atoms with Crippen LogP contribution in [0.1, 0.15) is 42.9 Å². The number of amides is 2. The molecule has 4 unspecified atom stereocenters. The summed E-state index contributed by atoms with van der Waals surface area (Å²) in [5.41, 5.74) is 1.22. The SMILES string of the molecule is CCOC(=O)N1CCC(NC(=O)C2C(c3ccccc3)C(C(=O)OC)C(c3ccccc3)N2S(=O)(=O)c2ccccc2)CC1. The number of likely N-dealkylation sites (tertiary alicyclic amines) is 1. The van der Waals surface area contributed by atoms with Gasteiger partial charge >= 0.3 is 12.1 Å². The van der Waals surface area contributed by atoms with Gasteiger partial charge in [0.2, 0.25) is 15.9 Å². The van der Waals surface area contributed by atoms with Gasteiger partial charge in [0.25, 0.3) is 0 Å². The van der Waals surface area contributed by atoms with E-state index in [1.54, 1.807) is 78.6 Å². The van der Waals surface area contributed by atoms with Gasteiger partial charge in [-0.25, -0.2) is 13.2 Å². The van der Waals surface area contributed by atoms with Crippen molar-refractivity contribution in [2.45, 2.75) is 48.7 Å². The van der Waals surface area contributed by atoms with Crippen LogP contribution in [-0.2, 0) is 29.1 Å². The van der Waals surface area contributed by atoms with Gasteiger partial charge in [0.1, 0.15) is 6.04 Å². The average molecular weight is 620 g/mol. The number of nitrogens with zero attached hydrogens (tertiary/aromatic N) is 2. The molecule has 2 fully saturated rings. The molecule has 2 heterocycles. The minimum atomic E-state index is -4.32. The number of carbonyl (C=O) groups excluding carboxylic acids is 3. The van der Waals surface area contributed by atoms with Crippen molar-refractivity contribution in [2.75, 3.05) is 26.8 Å². The van der Waals surface area contributed by atoms with E-state index in [9.17, 15) is 22.8 Å². The van der Waals surface area contributed by atoms with Crippen LogP contribution in [0, 0.1) is 5.92 Å². The molecule has 0 saturated carbocycles. The molecule has 2 saturated heterocycles. The van der Waals surface area contributed by atoms with Crippen molar-refractivity contribution in [2.24, 2.45) is 5.92 Å². The lowest BCUT2D eigenvalue weighted by molar-refractivity contribution is -0.146. The first-order valence-electron chi connectivity index (χ1n) is 14.8. The zero-order chi connectivity index (χ0) is 31.3. The Bertz CT molecular complexity index is 1550. The normalized spacial score (nSPS) is 22.7. The quantitative estimate of drug-likeness (QED) is 0.377. The molecule has 0 spiro atoms. The minimum absolute atomic E-state index is 0.0128. The molecule has 0 aromatic heterocycles. The maximum Gasteiger partial charge on any atom is 0.409 e. The minimum Gasteiger partial charge on any atom is -0.469 e. The predicted molar refractivity (Wildman–Crippen MR) is 163 cm³/mol. The highest BCUT2D eigenvalue weighted by atomic mass is 32.2. The van der Waals surface area contributed by atoms with Crippen molar-refractivity contribution in [3.05, 3.63) is 102 Å². The second-order valence-electron chi connectivity index (χ2n) is 10.9. The van der Waals surface area contributed by atoms with Crippen LogP contribution in [0.25, 0.3) is 0 Å². The van der Waals surface area contributed by atoms with E-state index >= 15 is 0 Å². The second kappa shape index (κ2) is 13.6. The number of carbonyl (C=O) groups is 3. The molecule has 0 bridgehead atoms. The maximum atomic E-state index is 14.6. The second-order valence-corrected chi connectivity index (χ2v) is 12.7. The number of sulfonamides is 1. The molecule has 2 amide bonds. The third-order valence-corrected chi connectivity index (χ3v) is 10.2. The summed E-state index contributed by atoms with van der Waals surface area (Å²) in [6, 6.07) is 23.3. The van der Waals surface area contributed by atoms with E-state index in [-0.39, 0.29) is 17.5 Å². The summed E-state index contributed by atoms with van der Waals surface area (Å²) in [7, 11) is -3.05. The van der Waals surface area contributed by atoms with Gasteiger partial charge in [0.05, 0.1) is 30.6 Å². The molecule has 0 radical (unpaired) electrons. The highest BCUT2D eigenvalue weighted by molar-refractivity contribution is 7.89. The number of benzene rings is 3. The number of piperidine rings is 1. The third kappa shape index (κ3) is 6.20. The monoisotopic (exact) mass is 619 g/mol. The summed E-state index contributed by atoms with van der Waals surface area (Å²) < 4.78 is 40.8. The fraction of sp³-hybridized carbons (Fsp3) is 0.364. The average Bonchev–Trinajstić information content (AvgIpc) is 3.43. The zero-order valence-electron chi connectivity index (χ0n) is 24.7. The van der Waals surface area contributed by atoms with Gasteiger partial charge in [-0.3, -0.25) is 9.59 Å². The maximum absolute atomic E-state index is 14.6. The number of ether oxygens (including phenoxy) is 2. The summed E-state index contributed by atoms with van der Waals surface area (Å²) in [5, 5.41) is 3.08. The molecule has 3 aromatic carbocycles. The Balaban J connectivity index is 1.61. The molecule has 2 aliphatic rings. The first-order chi connectivity index (χ1) is 21.3.